The lowest BCUT2D eigenvalue weighted by Crippen LogP contribution is -2.46. The van der Waals surface area contributed by atoms with Crippen LogP contribution in [-0.2, 0) is 6.54 Å². The summed E-state index contributed by atoms with van der Waals surface area (Å²) in [6.07, 6.45) is 15.4. The molecule has 0 N–H and O–H groups in total. The summed E-state index contributed by atoms with van der Waals surface area (Å²) in [6, 6.07) is 10.6. The molecule has 3 heterocycles. The molecule has 0 aromatic heterocycles. The van der Waals surface area contributed by atoms with Gasteiger partial charge in [-0.2, -0.15) is 0 Å². The van der Waals surface area contributed by atoms with Gasteiger partial charge in [0.2, 0.25) is 0 Å². The van der Waals surface area contributed by atoms with E-state index in [4.69, 9.17) is 4.99 Å². The zero-order valence-electron chi connectivity index (χ0n) is 17.2. The van der Waals surface area contributed by atoms with Crippen LogP contribution in [-0.4, -0.2) is 54.3 Å². The second-order valence-electron chi connectivity index (χ2n) is 9.38. The highest BCUT2D eigenvalue weighted by Gasteiger charge is 2.31. The minimum atomic E-state index is 0.515. The van der Waals surface area contributed by atoms with E-state index in [1.54, 1.807) is 0 Å². The van der Waals surface area contributed by atoms with Gasteiger partial charge in [0.15, 0.2) is 0 Å². The van der Waals surface area contributed by atoms with E-state index in [1.807, 2.05) is 0 Å². The fraction of sp³-hybridized carbons (Fsp3) is 0.640. The molecule has 1 aromatic rings. The van der Waals surface area contributed by atoms with E-state index in [2.05, 4.69) is 46.4 Å². The summed E-state index contributed by atoms with van der Waals surface area (Å²) in [5.41, 5.74) is 4.08. The van der Waals surface area contributed by atoms with E-state index in [-0.39, 0.29) is 0 Å². The monoisotopic (exact) mass is 377 g/mol. The molecule has 3 fully saturated rings. The lowest BCUT2D eigenvalue weighted by Gasteiger charge is -2.43. The molecule has 1 unspecified atom stereocenters. The Morgan fingerprint density at radius 1 is 0.857 bits per heavy atom. The van der Waals surface area contributed by atoms with Gasteiger partial charge in [0.25, 0.3) is 0 Å². The molecule has 4 aliphatic rings. The molecule has 2 saturated heterocycles. The molecule has 1 saturated carbocycles. The largest absolute Gasteiger partial charge is 0.300 e. The molecule has 5 rings (SSSR count). The number of nitrogens with zero attached hydrogens (tertiary/aromatic N) is 3. The van der Waals surface area contributed by atoms with Crippen LogP contribution in [0.3, 0.4) is 0 Å². The summed E-state index contributed by atoms with van der Waals surface area (Å²) >= 11 is 0. The van der Waals surface area contributed by atoms with Gasteiger partial charge in [-0.3, -0.25) is 9.89 Å². The maximum absolute atomic E-state index is 5.00. The molecule has 3 nitrogen and oxygen atoms in total. The maximum atomic E-state index is 5.00. The third-order valence-electron chi connectivity index (χ3n) is 7.59. The van der Waals surface area contributed by atoms with Crippen LogP contribution in [0.4, 0.5) is 0 Å². The van der Waals surface area contributed by atoms with Crippen LogP contribution < -0.4 is 0 Å². The average molecular weight is 378 g/mol. The van der Waals surface area contributed by atoms with Gasteiger partial charge in [-0.25, -0.2) is 0 Å². The molecule has 1 aliphatic carbocycles. The fourth-order valence-corrected chi connectivity index (χ4v) is 5.47. The summed E-state index contributed by atoms with van der Waals surface area (Å²) in [5.74, 6) is 0.785. The van der Waals surface area contributed by atoms with E-state index in [1.165, 1.54) is 87.8 Å². The predicted molar refractivity (Wildman–Crippen MR) is 118 cm³/mol. The highest BCUT2D eigenvalue weighted by Crippen LogP contribution is 2.33. The van der Waals surface area contributed by atoms with Crippen molar-refractivity contribution in [2.24, 2.45) is 10.9 Å². The lowest BCUT2D eigenvalue weighted by atomic mass is 9.83. The molecule has 3 heteroatoms. The molecule has 0 amide bonds. The van der Waals surface area contributed by atoms with Gasteiger partial charge in [0.05, 0.1) is 6.04 Å². The topological polar surface area (TPSA) is 18.8 Å². The number of hydrogen-bond acceptors (Lipinski definition) is 3. The van der Waals surface area contributed by atoms with Crippen LogP contribution in [0.2, 0.25) is 0 Å². The second-order valence-corrected chi connectivity index (χ2v) is 9.38. The molecule has 3 aliphatic heterocycles. The van der Waals surface area contributed by atoms with E-state index >= 15 is 0 Å². The Morgan fingerprint density at radius 3 is 2.21 bits per heavy atom. The quantitative estimate of drug-likeness (QED) is 0.736. The van der Waals surface area contributed by atoms with E-state index in [9.17, 15) is 0 Å². The molecule has 28 heavy (non-hydrogen) atoms. The number of likely N-dealkylation sites (tertiary alicyclic amines) is 2. The molecular formula is C25H35N3. The van der Waals surface area contributed by atoms with Gasteiger partial charge < -0.3 is 4.90 Å². The lowest BCUT2D eigenvalue weighted by molar-refractivity contribution is 0.0790. The minimum absolute atomic E-state index is 0.515. The van der Waals surface area contributed by atoms with Crippen LogP contribution in [0.25, 0.3) is 5.57 Å². The van der Waals surface area contributed by atoms with Crippen molar-refractivity contribution in [1.82, 2.24) is 9.80 Å². The van der Waals surface area contributed by atoms with Gasteiger partial charge in [0, 0.05) is 18.8 Å². The van der Waals surface area contributed by atoms with E-state index in [0.29, 0.717) is 6.04 Å². The molecule has 0 spiro atoms. The van der Waals surface area contributed by atoms with Crippen molar-refractivity contribution in [3.63, 3.8) is 0 Å². The summed E-state index contributed by atoms with van der Waals surface area (Å²) in [4.78, 5) is 10.3. The number of dihydropyridines is 1. The summed E-state index contributed by atoms with van der Waals surface area (Å²) in [6.45, 7) is 6.24. The number of aliphatic imine (C=N–C) groups is 1. The Kier molecular flexibility index (Phi) is 5.64. The first-order chi connectivity index (χ1) is 13.8. The Bertz CT molecular complexity index is 702. The smallest absolute Gasteiger partial charge is 0.0563 e. The molecule has 0 radical (unpaired) electrons. The van der Waals surface area contributed by atoms with Gasteiger partial charge in [-0.1, -0.05) is 36.8 Å². The van der Waals surface area contributed by atoms with Crippen molar-refractivity contribution in [3.05, 3.63) is 41.5 Å². The van der Waals surface area contributed by atoms with Gasteiger partial charge in [-0.15, -0.1) is 0 Å². The molecule has 1 atom stereocenters. The van der Waals surface area contributed by atoms with Crippen LogP contribution in [0.1, 0.15) is 62.5 Å². The number of piperidine rings is 1. The van der Waals surface area contributed by atoms with E-state index < -0.39 is 0 Å². The Labute approximate surface area is 170 Å². The van der Waals surface area contributed by atoms with E-state index in [0.717, 1.165) is 24.9 Å². The van der Waals surface area contributed by atoms with Crippen molar-refractivity contribution < 1.29 is 0 Å². The number of allylic oxidation sites excluding steroid dienone is 1. The Morgan fingerprint density at radius 2 is 1.61 bits per heavy atom. The summed E-state index contributed by atoms with van der Waals surface area (Å²) in [7, 11) is 0. The molecule has 0 bridgehead atoms. The van der Waals surface area contributed by atoms with Crippen LogP contribution in [0.15, 0.2) is 35.3 Å². The number of benzene rings is 1. The number of rotatable bonds is 5. The third kappa shape index (κ3) is 4.11. The maximum Gasteiger partial charge on any atom is 0.0563 e. The minimum Gasteiger partial charge on any atom is -0.300 e. The summed E-state index contributed by atoms with van der Waals surface area (Å²) < 4.78 is 0. The van der Waals surface area contributed by atoms with Gasteiger partial charge in [0.1, 0.15) is 0 Å². The van der Waals surface area contributed by atoms with Crippen LogP contribution >= 0.6 is 0 Å². The first-order valence-electron chi connectivity index (χ1n) is 11.6. The molecular weight excluding hydrogens is 342 g/mol. The molecule has 150 valence electrons. The fourth-order valence-electron chi connectivity index (χ4n) is 5.47. The highest BCUT2D eigenvalue weighted by atomic mass is 15.2. The van der Waals surface area contributed by atoms with Crippen molar-refractivity contribution in [1.29, 1.82) is 0 Å². The third-order valence-corrected chi connectivity index (χ3v) is 7.59. The van der Waals surface area contributed by atoms with Crippen molar-refractivity contribution >= 4 is 11.8 Å². The highest BCUT2D eigenvalue weighted by molar-refractivity contribution is 6.10. The zero-order valence-corrected chi connectivity index (χ0v) is 17.2. The summed E-state index contributed by atoms with van der Waals surface area (Å²) in [5, 5.41) is 0. The number of hydrogen-bond donors (Lipinski definition) is 0. The van der Waals surface area contributed by atoms with Gasteiger partial charge in [-0.05, 0) is 93.7 Å². The van der Waals surface area contributed by atoms with Crippen molar-refractivity contribution in [2.75, 3.05) is 26.2 Å². The Balaban J connectivity index is 1.13. The van der Waals surface area contributed by atoms with Gasteiger partial charge >= 0.3 is 0 Å². The van der Waals surface area contributed by atoms with Crippen molar-refractivity contribution in [2.45, 2.75) is 70.0 Å². The SMILES string of the molecule is C1=NC(C2CCN(C3CCC3)CC2)CC=C1c1ccc(CN2CCCC2)cc1. The first-order valence-corrected chi connectivity index (χ1v) is 11.6. The average Bonchev–Trinajstić information content (AvgIpc) is 3.21. The zero-order chi connectivity index (χ0) is 18.8. The van der Waals surface area contributed by atoms with Crippen molar-refractivity contribution in [3.8, 4) is 0 Å². The predicted octanol–water partition coefficient (Wildman–Crippen LogP) is 4.77. The standard InChI is InChI=1S/C25H35N3/c1-2-15-27(14-1)19-20-6-8-21(9-7-20)23-10-11-25(26-18-23)22-12-16-28(17-13-22)24-4-3-5-24/h6-10,18,22,24-25H,1-5,11-17,19H2. The first kappa shape index (κ1) is 18.6. The van der Waals surface area contributed by atoms with Crippen LogP contribution in [0.5, 0.6) is 0 Å². The Hall–Kier alpha value is -1.45. The normalized spacial score (nSPS) is 27.7. The van der Waals surface area contributed by atoms with Crippen LogP contribution in [0, 0.1) is 5.92 Å². The molecule has 1 aromatic carbocycles. The second kappa shape index (κ2) is 8.51.